The predicted molar refractivity (Wildman–Crippen MR) is 104 cm³/mol. The zero-order chi connectivity index (χ0) is 21.4. The number of Topliss-reactive ketones (excluding diaryl/α,β-unsaturated/α-hetero) is 1. The molecule has 0 aliphatic rings. The van der Waals surface area contributed by atoms with Crippen molar-refractivity contribution in [3.05, 3.63) is 65.2 Å². The van der Waals surface area contributed by atoms with Crippen LogP contribution in [0.25, 0.3) is 0 Å². The summed E-state index contributed by atoms with van der Waals surface area (Å²) in [6, 6.07) is 12.6. The van der Waals surface area contributed by atoms with E-state index in [4.69, 9.17) is 14.9 Å². The van der Waals surface area contributed by atoms with Crippen LogP contribution >= 0.6 is 0 Å². The lowest BCUT2D eigenvalue weighted by atomic mass is 9.98. The van der Waals surface area contributed by atoms with Gasteiger partial charge in [-0.1, -0.05) is 24.3 Å². The highest BCUT2D eigenvalue weighted by atomic mass is 16.5. The molecule has 0 aliphatic carbocycles. The Hall–Kier alpha value is -3.48. The monoisotopic (exact) mass is 398 g/mol. The highest BCUT2D eigenvalue weighted by Crippen LogP contribution is 2.21. The van der Waals surface area contributed by atoms with Crippen LogP contribution in [0.4, 0.5) is 0 Å². The first-order valence-electron chi connectivity index (χ1n) is 9.13. The molecule has 0 radical (unpaired) electrons. The van der Waals surface area contributed by atoms with Crippen molar-refractivity contribution in [3.8, 4) is 5.75 Å². The van der Waals surface area contributed by atoms with Crippen molar-refractivity contribution in [1.29, 1.82) is 0 Å². The van der Waals surface area contributed by atoms with Crippen molar-refractivity contribution in [3.63, 3.8) is 0 Å². The maximum absolute atomic E-state index is 12.3. The third-order valence-electron chi connectivity index (χ3n) is 4.40. The standard InChI is InChI=1S/C22H22O7/c1-14(22(28)29-19-11-9-17(10-12-19)21(26)27)16-7-5-15(6-8-16)13-18(23)3-2-4-20(24)25/h5-12,14H,2-4,13H2,1H3,(H,24,25)(H,26,27). The minimum Gasteiger partial charge on any atom is -0.481 e. The van der Waals surface area contributed by atoms with Gasteiger partial charge in [0.05, 0.1) is 11.5 Å². The molecule has 0 heterocycles. The summed E-state index contributed by atoms with van der Waals surface area (Å²) in [6.45, 7) is 1.69. The number of rotatable bonds is 10. The Morgan fingerprint density at radius 1 is 0.897 bits per heavy atom. The number of esters is 1. The fourth-order valence-corrected chi connectivity index (χ4v) is 2.68. The highest BCUT2D eigenvalue weighted by Gasteiger charge is 2.18. The van der Waals surface area contributed by atoms with Crippen LogP contribution in [-0.4, -0.2) is 33.9 Å². The van der Waals surface area contributed by atoms with Gasteiger partial charge in [0.15, 0.2) is 0 Å². The number of aromatic carboxylic acids is 1. The number of carbonyl (C=O) groups excluding carboxylic acids is 2. The van der Waals surface area contributed by atoms with Gasteiger partial charge in [-0.05, 0) is 48.7 Å². The predicted octanol–water partition coefficient (Wildman–Crippen LogP) is 3.46. The zero-order valence-corrected chi connectivity index (χ0v) is 16.0. The summed E-state index contributed by atoms with van der Waals surface area (Å²) in [7, 11) is 0. The Morgan fingerprint density at radius 2 is 1.52 bits per heavy atom. The van der Waals surface area contributed by atoms with Crippen LogP contribution in [0.2, 0.25) is 0 Å². The van der Waals surface area contributed by atoms with Gasteiger partial charge in [-0.2, -0.15) is 0 Å². The van der Waals surface area contributed by atoms with E-state index in [0.29, 0.717) is 6.42 Å². The number of carboxylic acid groups (broad SMARTS) is 2. The molecule has 29 heavy (non-hydrogen) atoms. The molecule has 2 N–H and O–H groups in total. The van der Waals surface area contributed by atoms with Gasteiger partial charge in [0, 0.05) is 19.3 Å². The quantitative estimate of drug-likeness (QED) is 0.465. The van der Waals surface area contributed by atoms with Crippen LogP contribution in [0.15, 0.2) is 48.5 Å². The number of ether oxygens (including phenoxy) is 1. The Kier molecular flexibility index (Phi) is 7.65. The van der Waals surface area contributed by atoms with Gasteiger partial charge in [0.1, 0.15) is 11.5 Å². The molecule has 0 saturated heterocycles. The van der Waals surface area contributed by atoms with Crippen molar-refractivity contribution in [2.45, 2.75) is 38.5 Å². The van der Waals surface area contributed by atoms with Crippen molar-refractivity contribution in [2.75, 3.05) is 0 Å². The van der Waals surface area contributed by atoms with Crippen molar-refractivity contribution in [1.82, 2.24) is 0 Å². The molecule has 2 rings (SSSR count). The topological polar surface area (TPSA) is 118 Å². The lowest BCUT2D eigenvalue weighted by Crippen LogP contribution is -2.16. The SMILES string of the molecule is CC(C(=O)Oc1ccc(C(=O)O)cc1)c1ccc(CC(=O)CCCC(=O)O)cc1. The van der Waals surface area contributed by atoms with Gasteiger partial charge in [-0.3, -0.25) is 14.4 Å². The van der Waals surface area contributed by atoms with E-state index in [2.05, 4.69) is 0 Å². The summed E-state index contributed by atoms with van der Waals surface area (Å²) in [4.78, 5) is 45.5. The minimum absolute atomic E-state index is 0.0245. The minimum atomic E-state index is -1.06. The second-order valence-corrected chi connectivity index (χ2v) is 6.68. The summed E-state index contributed by atoms with van der Waals surface area (Å²) in [5.74, 6) is -2.77. The van der Waals surface area contributed by atoms with Gasteiger partial charge < -0.3 is 14.9 Å². The molecular weight excluding hydrogens is 376 g/mol. The van der Waals surface area contributed by atoms with Gasteiger partial charge >= 0.3 is 17.9 Å². The van der Waals surface area contributed by atoms with Gasteiger partial charge in [0.25, 0.3) is 0 Å². The molecule has 152 valence electrons. The van der Waals surface area contributed by atoms with E-state index in [1.165, 1.54) is 24.3 Å². The summed E-state index contributed by atoms with van der Waals surface area (Å²) < 4.78 is 5.29. The van der Waals surface area contributed by atoms with E-state index < -0.39 is 23.8 Å². The van der Waals surface area contributed by atoms with Crippen LogP contribution in [0.5, 0.6) is 5.75 Å². The number of carboxylic acids is 2. The summed E-state index contributed by atoms with van der Waals surface area (Å²) >= 11 is 0. The van der Waals surface area contributed by atoms with E-state index in [0.717, 1.165) is 11.1 Å². The van der Waals surface area contributed by atoms with E-state index in [1.807, 2.05) is 0 Å². The first-order valence-corrected chi connectivity index (χ1v) is 9.13. The van der Waals surface area contributed by atoms with Gasteiger partial charge in [0.2, 0.25) is 0 Å². The smallest absolute Gasteiger partial charge is 0.335 e. The fraction of sp³-hybridized carbons (Fsp3) is 0.273. The van der Waals surface area contributed by atoms with E-state index in [1.54, 1.807) is 31.2 Å². The average Bonchev–Trinajstić information content (AvgIpc) is 2.68. The lowest BCUT2D eigenvalue weighted by Gasteiger charge is -2.12. The van der Waals surface area contributed by atoms with Crippen LogP contribution in [0.1, 0.15) is 53.6 Å². The molecule has 0 aliphatic heterocycles. The Labute approximate surface area is 167 Å². The molecule has 2 aromatic carbocycles. The van der Waals surface area contributed by atoms with Crippen LogP contribution in [0.3, 0.4) is 0 Å². The van der Waals surface area contributed by atoms with E-state index >= 15 is 0 Å². The highest BCUT2D eigenvalue weighted by molar-refractivity contribution is 5.88. The Morgan fingerprint density at radius 3 is 2.07 bits per heavy atom. The first-order chi connectivity index (χ1) is 13.8. The molecule has 0 amide bonds. The van der Waals surface area contributed by atoms with Gasteiger partial charge in [-0.25, -0.2) is 4.79 Å². The summed E-state index contributed by atoms with van der Waals surface area (Å²) in [5.41, 5.74) is 1.61. The number of aliphatic carboxylic acids is 1. The molecular formula is C22H22O7. The molecule has 7 nitrogen and oxygen atoms in total. The molecule has 0 saturated carbocycles. The second kappa shape index (κ2) is 10.2. The van der Waals surface area contributed by atoms with Crippen LogP contribution < -0.4 is 4.74 Å². The maximum atomic E-state index is 12.3. The number of benzene rings is 2. The molecule has 1 atom stereocenters. The molecule has 0 bridgehead atoms. The van der Waals surface area contributed by atoms with Gasteiger partial charge in [-0.15, -0.1) is 0 Å². The number of hydrogen-bond acceptors (Lipinski definition) is 5. The molecule has 2 aromatic rings. The number of ketones is 1. The third-order valence-corrected chi connectivity index (χ3v) is 4.40. The van der Waals surface area contributed by atoms with E-state index in [9.17, 15) is 19.2 Å². The molecule has 1 unspecified atom stereocenters. The third kappa shape index (κ3) is 6.88. The molecule has 0 aromatic heterocycles. The Bertz CT molecular complexity index is 882. The fourth-order valence-electron chi connectivity index (χ4n) is 2.68. The largest absolute Gasteiger partial charge is 0.481 e. The number of carbonyl (C=O) groups is 4. The second-order valence-electron chi connectivity index (χ2n) is 6.68. The summed E-state index contributed by atoms with van der Waals surface area (Å²) in [6.07, 6.45) is 0.734. The zero-order valence-electron chi connectivity index (χ0n) is 16.0. The van der Waals surface area contributed by atoms with Crippen molar-refractivity contribution < 1.29 is 34.1 Å². The average molecular weight is 398 g/mol. The Balaban J connectivity index is 1.90. The molecule has 7 heteroatoms. The molecule has 0 spiro atoms. The van der Waals surface area contributed by atoms with E-state index in [-0.39, 0.29) is 36.4 Å². The molecule has 0 fully saturated rings. The normalized spacial score (nSPS) is 11.5. The first kappa shape index (κ1) is 21.8. The lowest BCUT2D eigenvalue weighted by molar-refractivity contribution is -0.137. The van der Waals surface area contributed by atoms with Crippen molar-refractivity contribution in [2.24, 2.45) is 0 Å². The van der Waals surface area contributed by atoms with Crippen molar-refractivity contribution >= 4 is 23.7 Å². The summed E-state index contributed by atoms with van der Waals surface area (Å²) in [5, 5.41) is 17.5. The number of hydrogen-bond donors (Lipinski definition) is 2. The van der Waals surface area contributed by atoms with Crippen LogP contribution in [-0.2, 0) is 20.8 Å². The maximum Gasteiger partial charge on any atom is 0.335 e. The van der Waals surface area contributed by atoms with Crippen LogP contribution in [0, 0.1) is 0 Å².